The van der Waals surface area contributed by atoms with E-state index in [1.54, 1.807) is 18.2 Å². The molecule has 5 heteroatoms. The van der Waals surface area contributed by atoms with E-state index >= 15 is 0 Å². The number of rotatable bonds is 6. The highest BCUT2D eigenvalue weighted by Gasteiger charge is 2.32. The van der Waals surface area contributed by atoms with Crippen LogP contribution < -0.4 is 4.74 Å². The average molecular weight is 320 g/mol. The van der Waals surface area contributed by atoms with Crippen LogP contribution in [-0.4, -0.2) is 54.5 Å². The van der Waals surface area contributed by atoms with Gasteiger partial charge in [0, 0.05) is 6.42 Å². The predicted octanol–water partition coefficient (Wildman–Crippen LogP) is 2.68. The molecule has 0 N–H and O–H groups in total. The summed E-state index contributed by atoms with van der Waals surface area (Å²) in [5.74, 6) is 0.115. The fourth-order valence-corrected chi connectivity index (χ4v) is 3.23. The van der Waals surface area contributed by atoms with Crippen LogP contribution in [0.3, 0.4) is 0 Å². The van der Waals surface area contributed by atoms with Crippen LogP contribution in [0.5, 0.6) is 5.75 Å². The summed E-state index contributed by atoms with van der Waals surface area (Å²) in [5, 5.41) is 0. The standard InChI is InChI=1S/C18H25FN2O2/c19-16-7-2-3-8-17(16)23-15-13-21(14-15)18(22)9-6-12-20-10-4-1-5-11-20/h2-3,7-8,15H,1,4-6,9-14H2. The van der Waals surface area contributed by atoms with Gasteiger partial charge in [0.1, 0.15) is 6.10 Å². The molecule has 3 rings (SSSR count). The monoisotopic (exact) mass is 320 g/mol. The van der Waals surface area contributed by atoms with E-state index in [0.717, 1.165) is 13.0 Å². The highest BCUT2D eigenvalue weighted by molar-refractivity contribution is 5.77. The van der Waals surface area contributed by atoms with E-state index in [9.17, 15) is 9.18 Å². The molecule has 4 nitrogen and oxygen atoms in total. The Morgan fingerprint density at radius 1 is 1.17 bits per heavy atom. The number of benzene rings is 1. The van der Waals surface area contributed by atoms with Gasteiger partial charge in [-0.2, -0.15) is 0 Å². The van der Waals surface area contributed by atoms with Crippen molar-refractivity contribution in [1.82, 2.24) is 9.80 Å². The van der Waals surface area contributed by atoms with E-state index in [2.05, 4.69) is 4.90 Å². The molecule has 1 amide bonds. The molecule has 126 valence electrons. The Labute approximate surface area is 137 Å². The molecule has 0 spiro atoms. The van der Waals surface area contributed by atoms with Crippen molar-refractivity contribution in [2.45, 2.75) is 38.2 Å². The van der Waals surface area contributed by atoms with Crippen LogP contribution in [0.1, 0.15) is 32.1 Å². The second-order valence-electron chi connectivity index (χ2n) is 6.47. The largest absolute Gasteiger partial charge is 0.484 e. The summed E-state index contributed by atoms with van der Waals surface area (Å²) >= 11 is 0. The molecule has 2 aliphatic rings. The number of carbonyl (C=O) groups excluding carboxylic acids is 1. The third-order valence-electron chi connectivity index (χ3n) is 4.64. The van der Waals surface area contributed by atoms with Crippen molar-refractivity contribution in [2.75, 3.05) is 32.7 Å². The molecular weight excluding hydrogens is 295 g/mol. The van der Waals surface area contributed by atoms with Crippen molar-refractivity contribution >= 4 is 5.91 Å². The molecule has 2 heterocycles. The maximum Gasteiger partial charge on any atom is 0.222 e. The number of nitrogens with zero attached hydrogens (tertiary/aromatic N) is 2. The van der Waals surface area contributed by atoms with Gasteiger partial charge in [0.15, 0.2) is 11.6 Å². The Bertz CT molecular complexity index is 526. The first-order chi connectivity index (χ1) is 11.2. The normalized spacial score (nSPS) is 19.4. The molecule has 2 saturated heterocycles. The summed E-state index contributed by atoms with van der Waals surface area (Å²) in [6.45, 7) is 4.51. The van der Waals surface area contributed by atoms with Crippen LogP contribution in [-0.2, 0) is 4.79 Å². The Hall–Kier alpha value is -1.62. The number of likely N-dealkylation sites (tertiary alicyclic amines) is 2. The molecule has 1 aromatic rings. The molecular formula is C18H25FN2O2. The quantitative estimate of drug-likeness (QED) is 0.808. The molecule has 2 aliphatic heterocycles. The molecule has 1 aromatic carbocycles. The first-order valence-corrected chi connectivity index (χ1v) is 8.64. The van der Waals surface area contributed by atoms with Crippen molar-refractivity contribution in [3.8, 4) is 5.75 Å². The van der Waals surface area contributed by atoms with Gasteiger partial charge in [-0.1, -0.05) is 18.6 Å². The Morgan fingerprint density at radius 2 is 1.91 bits per heavy atom. The Kier molecular flexibility index (Phi) is 5.49. The van der Waals surface area contributed by atoms with Gasteiger partial charge in [-0.3, -0.25) is 4.79 Å². The van der Waals surface area contributed by atoms with Crippen molar-refractivity contribution in [3.05, 3.63) is 30.1 Å². The number of halogens is 1. The molecule has 0 aromatic heterocycles. The fourth-order valence-electron chi connectivity index (χ4n) is 3.23. The second-order valence-corrected chi connectivity index (χ2v) is 6.47. The van der Waals surface area contributed by atoms with Gasteiger partial charge in [0.2, 0.25) is 5.91 Å². The van der Waals surface area contributed by atoms with Gasteiger partial charge < -0.3 is 14.5 Å². The summed E-state index contributed by atoms with van der Waals surface area (Å²) in [5.41, 5.74) is 0. The summed E-state index contributed by atoms with van der Waals surface area (Å²) in [6, 6.07) is 6.40. The second kappa shape index (κ2) is 7.77. The van der Waals surface area contributed by atoms with E-state index in [-0.39, 0.29) is 23.6 Å². The number of hydrogen-bond acceptors (Lipinski definition) is 3. The summed E-state index contributed by atoms with van der Waals surface area (Å²) in [6.07, 6.45) is 5.35. The highest BCUT2D eigenvalue weighted by atomic mass is 19.1. The van der Waals surface area contributed by atoms with Crippen LogP contribution in [0.25, 0.3) is 0 Å². The molecule has 0 radical (unpaired) electrons. The van der Waals surface area contributed by atoms with Gasteiger partial charge in [-0.25, -0.2) is 4.39 Å². The molecule has 0 aliphatic carbocycles. The predicted molar refractivity (Wildman–Crippen MR) is 86.9 cm³/mol. The lowest BCUT2D eigenvalue weighted by Gasteiger charge is -2.39. The molecule has 0 atom stereocenters. The lowest BCUT2D eigenvalue weighted by molar-refractivity contribution is -0.140. The van der Waals surface area contributed by atoms with Crippen molar-refractivity contribution in [2.24, 2.45) is 0 Å². The first kappa shape index (κ1) is 16.2. The van der Waals surface area contributed by atoms with Crippen molar-refractivity contribution < 1.29 is 13.9 Å². The molecule has 23 heavy (non-hydrogen) atoms. The maximum atomic E-state index is 13.5. The van der Waals surface area contributed by atoms with E-state index < -0.39 is 0 Å². The van der Waals surface area contributed by atoms with E-state index in [1.807, 2.05) is 4.90 Å². The van der Waals surface area contributed by atoms with E-state index in [4.69, 9.17) is 4.74 Å². The summed E-state index contributed by atoms with van der Waals surface area (Å²) in [7, 11) is 0. The van der Waals surface area contributed by atoms with Crippen LogP contribution in [0.2, 0.25) is 0 Å². The lowest BCUT2D eigenvalue weighted by atomic mass is 10.1. The number of hydrogen-bond donors (Lipinski definition) is 0. The van der Waals surface area contributed by atoms with Gasteiger partial charge in [0.25, 0.3) is 0 Å². The van der Waals surface area contributed by atoms with Gasteiger partial charge >= 0.3 is 0 Å². The van der Waals surface area contributed by atoms with Gasteiger partial charge in [-0.15, -0.1) is 0 Å². The molecule has 0 bridgehead atoms. The van der Waals surface area contributed by atoms with E-state index in [0.29, 0.717) is 19.5 Å². The minimum atomic E-state index is -0.348. The van der Waals surface area contributed by atoms with Gasteiger partial charge in [0.05, 0.1) is 13.1 Å². The zero-order valence-corrected chi connectivity index (χ0v) is 13.5. The summed E-state index contributed by atoms with van der Waals surface area (Å²) < 4.78 is 19.1. The minimum absolute atomic E-state index is 0.0852. The van der Waals surface area contributed by atoms with Crippen molar-refractivity contribution in [3.63, 3.8) is 0 Å². The molecule has 0 unspecified atom stereocenters. The first-order valence-electron chi connectivity index (χ1n) is 8.64. The molecule has 0 saturated carbocycles. The van der Waals surface area contributed by atoms with Gasteiger partial charge in [-0.05, 0) is 51.0 Å². The van der Waals surface area contributed by atoms with Crippen LogP contribution >= 0.6 is 0 Å². The fraction of sp³-hybridized carbons (Fsp3) is 0.611. The van der Waals surface area contributed by atoms with Crippen LogP contribution in [0.15, 0.2) is 24.3 Å². The number of carbonyl (C=O) groups is 1. The number of piperidine rings is 1. The highest BCUT2D eigenvalue weighted by Crippen LogP contribution is 2.21. The SMILES string of the molecule is O=C(CCCN1CCCCC1)N1CC(Oc2ccccc2F)C1. The minimum Gasteiger partial charge on any atom is -0.484 e. The van der Waals surface area contributed by atoms with Crippen LogP contribution in [0.4, 0.5) is 4.39 Å². The smallest absolute Gasteiger partial charge is 0.222 e. The topological polar surface area (TPSA) is 32.8 Å². The zero-order chi connectivity index (χ0) is 16.1. The molecule has 2 fully saturated rings. The Balaban J connectivity index is 1.32. The van der Waals surface area contributed by atoms with Crippen LogP contribution in [0, 0.1) is 5.82 Å². The summed E-state index contributed by atoms with van der Waals surface area (Å²) in [4.78, 5) is 16.4. The number of amides is 1. The maximum absolute atomic E-state index is 13.5. The number of para-hydroxylation sites is 1. The number of ether oxygens (including phenoxy) is 1. The van der Waals surface area contributed by atoms with Crippen molar-refractivity contribution in [1.29, 1.82) is 0 Å². The lowest BCUT2D eigenvalue weighted by Crippen LogP contribution is -2.56. The third kappa shape index (κ3) is 4.44. The third-order valence-corrected chi connectivity index (χ3v) is 4.64. The zero-order valence-electron chi connectivity index (χ0n) is 13.5. The Morgan fingerprint density at radius 3 is 2.65 bits per heavy atom. The van der Waals surface area contributed by atoms with E-state index in [1.165, 1.54) is 38.4 Å². The average Bonchev–Trinajstić information content (AvgIpc) is 2.53.